The molecular formula is C10H15ClFN3O2S. The predicted molar refractivity (Wildman–Crippen MR) is 67.6 cm³/mol. The molecule has 18 heavy (non-hydrogen) atoms. The van der Waals surface area contributed by atoms with Crippen LogP contribution >= 0.6 is 12.4 Å². The normalized spacial score (nSPS) is 19.5. The molecule has 2 rings (SSSR count). The van der Waals surface area contributed by atoms with Crippen LogP contribution in [0, 0.1) is 11.7 Å². The molecule has 5 nitrogen and oxygen atoms in total. The molecule has 8 heteroatoms. The summed E-state index contributed by atoms with van der Waals surface area (Å²) in [6.45, 7) is 2.09. The number of nitrogens with zero attached hydrogens (tertiary/aromatic N) is 1. The van der Waals surface area contributed by atoms with Gasteiger partial charge in [-0.05, 0) is 31.5 Å². The van der Waals surface area contributed by atoms with Gasteiger partial charge in [0.15, 0.2) is 0 Å². The fourth-order valence-electron chi connectivity index (χ4n) is 1.74. The Bertz CT molecular complexity index is 492. The molecule has 0 radical (unpaired) electrons. The van der Waals surface area contributed by atoms with Crippen LogP contribution in [0.2, 0.25) is 0 Å². The van der Waals surface area contributed by atoms with Gasteiger partial charge in [0.05, 0.1) is 6.20 Å². The molecule has 1 atom stereocenters. The first-order valence-electron chi connectivity index (χ1n) is 5.39. The van der Waals surface area contributed by atoms with Crippen molar-refractivity contribution in [2.45, 2.75) is 11.3 Å². The topological polar surface area (TPSA) is 71.1 Å². The van der Waals surface area contributed by atoms with Gasteiger partial charge in [-0.25, -0.2) is 17.5 Å². The van der Waals surface area contributed by atoms with E-state index in [9.17, 15) is 12.8 Å². The molecule has 102 valence electrons. The largest absolute Gasteiger partial charge is 0.316 e. The maximum absolute atomic E-state index is 12.9. The van der Waals surface area contributed by atoms with Crippen molar-refractivity contribution in [2.24, 2.45) is 5.92 Å². The zero-order chi connectivity index (χ0) is 12.3. The average molecular weight is 296 g/mol. The Kier molecular flexibility index (Phi) is 5.46. The Balaban J connectivity index is 0.00000162. The van der Waals surface area contributed by atoms with Crippen LogP contribution in [0.5, 0.6) is 0 Å². The highest BCUT2D eigenvalue weighted by Crippen LogP contribution is 2.11. The first-order chi connectivity index (χ1) is 8.08. The predicted octanol–water partition coefficient (Wildman–Crippen LogP) is 0.530. The van der Waals surface area contributed by atoms with Crippen molar-refractivity contribution in [3.63, 3.8) is 0 Å². The fraction of sp³-hybridized carbons (Fsp3) is 0.500. The zero-order valence-corrected chi connectivity index (χ0v) is 11.2. The Morgan fingerprint density at radius 2 is 2.28 bits per heavy atom. The molecule has 1 aliphatic heterocycles. The first kappa shape index (κ1) is 15.3. The van der Waals surface area contributed by atoms with E-state index in [0.717, 1.165) is 38.0 Å². The van der Waals surface area contributed by atoms with E-state index in [0.29, 0.717) is 12.5 Å². The van der Waals surface area contributed by atoms with E-state index in [2.05, 4.69) is 15.0 Å². The number of nitrogens with one attached hydrogen (secondary N) is 2. The molecule has 1 aromatic rings. The number of hydrogen-bond donors (Lipinski definition) is 2. The Morgan fingerprint density at radius 1 is 1.50 bits per heavy atom. The standard InChI is InChI=1S/C10H14FN3O2S.ClH/c11-9-3-10(7-13-6-9)17(15,16)14-5-8-1-2-12-4-8;/h3,6-8,12,14H,1-2,4-5H2;1H. The van der Waals surface area contributed by atoms with Crippen LogP contribution in [-0.2, 0) is 10.0 Å². The molecule has 0 saturated carbocycles. The summed E-state index contributed by atoms with van der Waals surface area (Å²) < 4.78 is 38.9. The van der Waals surface area contributed by atoms with E-state index in [1.54, 1.807) is 0 Å². The Morgan fingerprint density at radius 3 is 2.89 bits per heavy atom. The van der Waals surface area contributed by atoms with E-state index in [1.807, 2.05) is 0 Å². The number of halogens is 2. The second-order valence-electron chi connectivity index (χ2n) is 4.05. The highest BCUT2D eigenvalue weighted by atomic mass is 35.5. The molecule has 2 N–H and O–H groups in total. The minimum absolute atomic E-state index is 0. The number of aromatic nitrogens is 1. The lowest BCUT2D eigenvalue weighted by Crippen LogP contribution is -2.30. The first-order valence-corrected chi connectivity index (χ1v) is 6.87. The lowest BCUT2D eigenvalue weighted by Gasteiger charge is -2.10. The van der Waals surface area contributed by atoms with Crippen molar-refractivity contribution < 1.29 is 12.8 Å². The molecule has 0 bridgehead atoms. The minimum Gasteiger partial charge on any atom is -0.316 e. The van der Waals surface area contributed by atoms with Gasteiger partial charge in [0, 0.05) is 12.7 Å². The van der Waals surface area contributed by atoms with E-state index < -0.39 is 15.8 Å². The van der Waals surface area contributed by atoms with Gasteiger partial charge in [-0.1, -0.05) is 0 Å². The van der Waals surface area contributed by atoms with Gasteiger partial charge in [-0.3, -0.25) is 4.98 Å². The van der Waals surface area contributed by atoms with Crippen LogP contribution in [0.1, 0.15) is 6.42 Å². The molecule has 1 aromatic heterocycles. The molecule has 0 aliphatic carbocycles. The maximum Gasteiger partial charge on any atom is 0.242 e. The van der Waals surface area contributed by atoms with Crippen LogP contribution in [0.25, 0.3) is 0 Å². The van der Waals surface area contributed by atoms with E-state index >= 15 is 0 Å². The van der Waals surface area contributed by atoms with Gasteiger partial charge in [0.1, 0.15) is 10.7 Å². The van der Waals surface area contributed by atoms with Crippen LogP contribution in [0.4, 0.5) is 4.39 Å². The van der Waals surface area contributed by atoms with Crippen LogP contribution in [0.15, 0.2) is 23.4 Å². The lowest BCUT2D eigenvalue weighted by atomic mass is 10.1. The summed E-state index contributed by atoms with van der Waals surface area (Å²) in [5.74, 6) is -0.360. The Hall–Kier alpha value is -0.760. The number of hydrogen-bond acceptors (Lipinski definition) is 4. The third-order valence-electron chi connectivity index (χ3n) is 2.71. The molecule has 1 aliphatic rings. The van der Waals surface area contributed by atoms with E-state index in [1.165, 1.54) is 0 Å². The molecule has 1 fully saturated rings. The third kappa shape index (κ3) is 3.88. The number of pyridine rings is 1. The van der Waals surface area contributed by atoms with Gasteiger partial charge >= 0.3 is 0 Å². The summed E-state index contributed by atoms with van der Waals surface area (Å²) in [6.07, 6.45) is 3.06. The minimum atomic E-state index is -3.65. The van der Waals surface area contributed by atoms with Crippen LogP contribution in [0.3, 0.4) is 0 Å². The fourth-order valence-corrected chi connectivity index (χ4v) is 2.83. The van der Waals surface area contributed by atoms with E-state index in [4.69, 9.17) is 0 Å². The Labute approximate surface area is 112 Å². The van der Waals surface area contributed by atoms with Crippen LogP contribution < -0.4 is 10.0 Å². The maximum atomic E-state index is 12.9. The molecule has 1 unspecified atom stereocenters. The van der Waals surface area contributed by atoms with Gasteiger partial charge in [-0.2, -0.15) is 0 Å². The highest BCUT2D eigenvalue weighted by molar-refractivity contribution is 7.89. The summed E-state index contributed by atoms with van der Waals surface area (Å²) in [5, 5.41) is 3.15. The number of rotatable bonds is 4. The second-order valence-corrected chi connectivity index (χ2v) is 5.82. The van der Waals surface area contributed by atoms with Crippen molar-refractivity contribution in [2.75, 3.05) is 19.6 Å². The van der Waals surface area contributed by atoms with Crippen molar-refractivity contribution in [3.8, 4) is 0 Å². The van der Waals surface area contributed by atoms with Gasteiger partial charge in [0.2, 0.25) is 10.0 Å². The highest BCUT2D eigenvalue weighted by Gasteiger charge is 2.19. The van der Waals surface area contributed by atoms with Crippen molar-refractivity contribution in [1.29, 1.82) is 0 Å². The average Bonchev–Trinajstić information content (AvgIpc) is 2.79. The monoisotopic (exact) mass is 295 g/mol. The third-order valence-corrected chi connectivity index (χ3v) is 4.11. The molecular weight excluding hydrogens is 281 g/mol. The summed E-state index contributed by atoms with van der Waals surface area (Å²) >= 11 is 0. The zero-order valence-electron chi connectivity index (χ0n) is 9.60. The number of sulfonamides is 1. The summed E-state index contributed by atoms with van der Waals surface area (Å²) in [5.41, 5.74) is 0. The van der Waals surface area contributed by atoms with Gasteiger partial charge in [-0.15, -0.1) is 12.4 Å². The lowest BCUT2D eigenvalue weighted by molar-refractivity contribution is 0.537. The van der Waals surface area contributed by atoms with Crippen molar-refractivity contribution in [1.82, 2.24) is 15.0 Å². The van der Waals surface area contributed by atoms with Gasteiger partial charge in [0.25, 0.3) is 0 Å². The van der Waals surface area contributed by atoms with Crippen molar-refractivity contribution >= 4 is 22.4 Å². The summed E-state index contributed by atoms with van der Waals surface area (Å²) in [7, 11) is -3.65. The van der Waals surface area contributed by atoms with Crippen molar-refractivity contribution in [3.05, 3.63) is 24.3 Å². The van der Waals surface area contributed by atoms with Gasteiger partial charge < -0.3 is 5.32 Å². The quantitative estimate of drug-likeness (QED) is 0.850. The molecule has 1 saturated heterocycles. The summed E-state index contributed by atoms with van der Waals surface area (Å²) in [6, 6.07) is 0.961. The smallest absolute Gasteiger partial charge is 0.242 e. The summed E-state index contributed by atoms with van der Waals surface area (Å²) in [4.78, 5) is 3.39. The van der Waals surface area contributed by atoms with Crippen LogP contribution in [-0.4, -0.2) is 33.0 Å². The molecule has 2 heterocycles. The second kappa shape index (κ2) is 6.42. The molecule has 0 aromatic carbocycles. The molecule has 0 spiro atoms. The molecule has 0 amide bonds. The SMILES string of the molecule is Cl.O=S(=O)(NCC1CCNC1)c1cncc(F)c1. The van der Waals surface area contributed by atoms with E-state index in [-0.39, 0.29) is 17.3 Å².